The van der Waals surface area contributed by atoms with E-state index >= 15 is 0 Å². The fourth-order valence-corrected chi connectivity index (χ4v) is 2.68. The van der Waals surface area contributed by atoms with Crippen LogP contribution in [0.15, 0.2) is 53.0 Å². The number of azo groups is 1. The Morgan fingerprint density at radius 1 is 0.963 bits per heavy atom. The molecule has 0 atom stereocenters. The SMILES string of the molecule is CCCCn1c(O)c2ccc(C(=O)N=NC(=O)c3ccncc3)cc2c1O. The number of aromatic hydroxyl groups is 2. The molecule has 0 radical (unpaired) electrons. The number of amides is 2. The van der Waals surface area contributed by atoms with E-state index in [0.29, 0.717) is 17.3 Å². The molecule has 27 heavy (non-hydrogen) atoms. The third-order valence-corrected chi connectivity index (χ3v) is 4.15. The van der Waals surface area contributed by atoms with Gasteiger partial charge in [-0.1, -0.05) is 13.3 Å². The Kier molecular flexibility index (Phi) is 5.25. The van der Waals surface area contributed by atoms with Gasteiger partial charge >= 0.3 is 0 Å². The number of unbranched alkanes of at least 4 members (excludes halogenated alkanes) is 1. The molecule has 2 heterocycles. The summed E-state index contributed by atoms with van der Waals surface area (Å²) in [7, 11) is 0. The van der Waals surface area contributed by atoms with Crippen LogP contribution < -0.4 is 0 Å². The average Bonchev–Trinajstić information content (AvgIpc) is 2.94. The van der Waals surface area contributed by atoms with Crippen LogP contribution in [-0.4, -0.2) is 31.6 Å². The van der Waals surface area contributed by atoms with Crippen molar-refractivity contribution in [2.24, 2.45) is 10.2 Å². The van der Waals surface area contributed by atoms with Gasteiger partial charge in [0.25, 0.3) is 11.8 Å². The molecule has 2 aromatic heterocycles. The summed E-state index contributed by atoms with van der Waals surface area (Å²) in [6.07, 6.45) is 4.58. The Morgan fingerprint density at radius 2 is 1.59 bits per heavy atom. The highest BCUT2D eigenvalue weighted by atomic mass is 16.3. The second-order valence-electron chi connectivity index (χ2n) is 5.96. The lowest BCUT2D eigenvalue weighted by Crippen LogP contribution is -1.98. The Bertz CT molecular complexity index is 1030. The van der Waals surface area contributed by atoms with Gasteiger partial charge in [0.15, 0.2) is 0 Å². The van der Waals surface area contributed by atoms with Gasteiger partial charge in [-0.15, -0.1) is 10.2 Å². The van der Waals surface area contributed by atoms with Gasteiger partial charge in [0.1, 0.15) is 0 Å². The molecule has 0 aliphatic carbocycles. The molecule has 0 saturated carbocycles. The molecule has 0 unspecified atom stereocenters. The standard InChI is InChI=1S/C19H18N4O4/c1-2-3-10-23-18(26)14-5-4-13(11-15(14)19(23)27)17(25)22-21-16(24)12-6-8-20-9-7-12/h4-9,11,26-27H,2-3,10H2,1H3. The van der Waals surface area contributed by atoms with Gasteiger partial charge in [0, 0.05) is 40.8 Å². The van der Waals surface area contributed by atoms with Gasteiger partial charge in [-0.2, -0.15) is 0 Å². The number of aromatic nitrogens is 2. The maximum atomic E-state index is 12.2. The van der Waals surface area contributed by atoms with Gasteiger partial charge < -0.3 is 10.2 Å². The van der Waals surface area contributed by atoms with E-state index in [0.717, 1.165) is 12.8 Å². The fourth-order valence-electron chi connectivity index (χ4n) is 2.68. The first-order chi connectivity index (χ1) is 13.0. The van der Waals surface area contributed by atoms with Crippen LogP contribution in [0.2, 0.25) is 0 Å². The molecular formula is C19H18N4O4. The molecule has 0 aliphatic rings. The topological polar surface area (TPSA) is 117 Å². The van der Waals surface area contributed by atoms with Crippen molar-refractivity contribution in [2.45, 2.75) is 26.3 Å². The van der Waals surface area contributed by atoms with Crippen molar-refractivity contribution in [3.8, 4) is 11.8 Å². The number of fused-ring (bicyclic) bond motifs is 1. The summed E-state index contributed by atoms with van der Waals surface area (Å²) in [4.78, 5) is 27.9. The van der Waals surface area contributed by atoms with Crippen LogP contribution in [0.25, 0.3) is 10.8 Å². The van der Waals surface area contributed by atoms with Gasteiger partial charge in [-0.25, -0.2) is 0 Å². The van der Waals surface area contributed by atoms with Crippen LogP contribution in [0.4, 0.5) is 0 Å². The monoisotopic (exact) mass is 366 g/mol. The van der Waals surface area contributed by atoms with E-state index < -0.39 is 11.8 Å². The molecule has 8 heteroatoms. The number of benzene rings is 1. The van der Waals surface area contributed by atoms with Crippen LogP contribution in [0.5, 0.6) is 11.8 Å². The smallest absolute Gasteiger partial charge is 0.295 e. The molecule has 3 rings (SSSR count). The lowest BCUT2D eigenvalue weighted by atomic mass is 10.1. The van der Waals surface area contributed by atoms with E-state index in [9.17, 15) is 19.8 Å². The van der Waals surface area contributed by atoms with E-state index in [4.69, 9.17) is 0 Å². The molecule has 0 spiro atoms. The summed E-state index contributed by atoms with van der Waals surface area (Å²) in [5.74, 6) is -1.54. The number of carbonyl (C=O) groups is 2. The first kappa shape index (κ1) is 18.2. The van der Waals surface area contributed by atoms with Crippen LogP contribution in [0, 0.1) is 0 Å². The molecule has 2 N–H and O–H groups in total. The normalized spacial score (nSPS) is 11.3. The zero-order chi connectivity index (χ0) is 19.4. The number of carbonyl (C=O) groups excluding carboxylic acids is 2. The number of pyridine rings is 1. The summed E-state index contributed by atoms with van der Waals surface area (Å²) in [6, 6.07) is 7.35. The maximum absolute atomic E-state index is 12.2. The molecule has 3 aromatic rings. The highest BCUT2D eigenvalue weighted by Crippen LogP contribution is 2.37. The summed E-state index contributed by atoms with van der Waals surface area (Å²) >= 11 is 0. The summed E-state index contributed by atoms with van der Waals surface area (Å²) in [6.45, 7) is 2.47. The lowest BCUT2D eigenvalue weighted by Gasteiger charge is -2.04. The molecular weight excluding hydrogens is 348 g/mol. The maximum Gasteiger partial charge on any atom is 0.295 e. The summed E-state index contributed by atoms with van der Waals surface area (Å²) in [5, 5.41) is 28.3. The largest absolute Gasteiger partial charge is 0.494 e. The van der Waals surface area contributed by atoms with Crippen LogP contribution in [0.1, 0.15) is 40.5 Å². The molecule has 2 amide bonds. The molecule has 0 fully saturated rings. The first-order valence-corrected chi connectivity index (χ1v) is 8.47. The quantitative estimate of drug-likeness (QED) is 0.668. The first-order valence-electron chi connectivity index (χ1n) is 8.47. The Balaban J connectivity index is 1.86. The van der Waals surface area contributed by atoms with Gasteiger partial charge in [0.2, 0.25) is 11.8 Å². The van der Waals surface area contributed by atoms with E-state index in [1.54, 1.807) is 0 Å². The average molecular weight is 366 g/mol. The molecule has 8 nitrogen and oxygen atoms in total. The number of rotatable bonds is 5. The highest BCUT2D eigenvalue weighted by molar-refractivity contribution is 6.03. The Morgan fingerprint density at radius 3 is 2.26 bits per heavy atom. The minimum atomic E-state index is -0.723. The van der Waals surface area contributed by atoms with Crippen LogP contribution in [-0.2, 0) is 6.54 Å². The van der Waals surface area contributed by atoms with Crippen molar-refractivity contribution in [1.29, 1.82) is 0 Å². The molecule has 0 saturated heterocycles. The highest BCUT2D eigenvalue weighted by Gasteiger charge is 2.17. The minimum Gasteiger partial charge on any atom is -0.494 e. The zero-order valence-corrected chi connectivity index (χ0v) is 14.7. The molecule has 0 bridgehead atoms. The van der Waals surface area contributed by atoms with Crippen molar-refractivity contribution < 1.29 is 19.8 Å². The predicted octanol–water partition coefficient (Wildman–Crippen LogP) is 3.68. The molecule has 1 aromatic carbocycles. The van der Waals surface area contributed by atoms with Gasteiger partial charge in [-0.3, -0.25) is 19.1 Å². The van der Waals surface area contributed by atoms with Gasteiger partial charge in [-0.05, 0) is 36.8 Å². The van der Waals surface area contributed by atoms with Crippen LogP contribution >= 0.6 is 0 Å². The Labute approximate surface area is 154 Å². The van der Waals surface area contributed by atoms with Crippen molar-refractivity contribution in [3.05, 3.63) is 53.9 Å². The van der Waals surface area contributed by atoms with Crippen molar-refractivity contribution in [3.63, 3.8) is 0 Å². The van der Waals surface area contributed by atoms with Crippen molar-refractivity contribution in [1.82, 2.24) is 9.55 Å². The minimum absolute atomic E-state index is 0.0514. The van der Waals surface area contributed by atoms with E-state index in [2.05, 4.69) is 15.2 Å². The third-order valence-electron chi connectivity index (χ3n) is 4.15. The number of hydrogen-bond acceptors (Lipinski definition) is 5. The van der Waals surface area contributed by atoms with Crippen molar-refractivity contribution >= 4 is 22.6 Å². The fraction of sp³-hybridized carbons (Fsp3) is 0.211. The predicted molar refractivity (Wildman–Crippen MR) is 97.9 cm³/mol. The zero-order valence-electron chi connectivity index (χ0n) is 14.7. The number of hydrogen-bond donors (Lipinski definition) is 2. The van der Waals surface area contributed by atoms with E-state index in [1.807, 2.05) is 6.92 Å². The second-order valence-corrected chi connectivity index (χ2v) is 5.96. The molecule has 138 valence electrons. The van der Waals surface area contributed by atoms with Crippen LogP contribution in [0.3, 0.4) is 0 Å². The van der Waals surface area contributed by atoms with E-state index in [-0.39, 0.29) is 22.9 Å². The van der Waals surface area contributed by atoms with Crippen molar-refractivity contribution in [2.75, 3.05) is 0 Å². The molecule has 0 aliphatic heterocycles. The Hall–Kier alpha value is -3.55. The number of nitrogens with zero attached hydrogens (tertiary/aromatic N) is 4. The van der Waals surface area contributed by atoms with Gasteiger partial charge in [0.05, 0.1) is 0 Å². The van der Waals surface area contributed by atoms with E-state index in [1.165, 1.54) is 47.3 Å². The third kappa shape index (κ3) is 3.69. The second kappa shape index (κ2) is 7.77. The lowest BCUT2D eigenvalue weighted by molar-refractivity contribution is 0.0947. The summed E-state index contributed by atoms with van der Waals surface area (Å²) < 4.78 is 1.40. The summed E-state index contributed by atoms with van der Waals surface area (Å²) in [5.41, 5.74) is 0.421.